The fraction of sp³-hybridized carbons (Fsp3) is 0.455. The molecule has 0 atom stereocenters. The standard InChI is InChI=1S/C11H15ClN2O/c1-4-10(15)8-6-13-11(12)5-9(8)14-7(2)3/h5-7H,4H2,1-3H3,(H,13,14). The molecule has 0 saturated carbocycles. The van der Waals surface area contributed by atoms with Crippen molar-refractivity contribution in [1.82, 2.24) is 4.98 Å². The van der Waals surface area contributed by atoms with E-state index in [1.807, 2.05) is 20.8 Å². The molecule has 1 rings (SSSR count). The van der Waals surface area contributed by atoms with Crippen LogP contribution in [0.4, 0.5) is 5.69 Å². The maximum absolute atomic E-state index is 11.6. The number of hydrogen-bond donors (Lipinski definition) is 1. The Bertz CT molecular complexity index is 364. The van der Waals surface area contributed by atoms with Crippen molar-refractivity contribution in [2.24, 2.45) is 0 Å². The zero-order chi connectivity index (χ0) is 11.4. The van der Waals surface area contributed by atoms with E-state index in [4.69, 9.17) is 11.6 Å². The van der Waals surface area contributed by atoms with Gasteiger partial charge in [0.05, 0.1) is 5.56 Å². The number of carbonyl (C=O) groups is 1. The lowest BCUT2D eigenvalue weighted by Gasteiger charge is -2.13. The first-order valence-electron chi connectivity index (χ1n) is 4.99. The van der Waals surface area contributed by atoms with E-state index in [2.05, 4.69) is 10.3 Å². The van der Waals surface area contributed by atoms with Crippen LogP contribution in [0.1, 0.15) is 37.6 Å². The maximum atomic E-state index is 11.6. The van der Waals surface area contributed by atoms with E-state index >= 15 is 0 Å². The van der Waals surface area contributed by atoms with Crippen LogP contribution in [0.2, 0.25) is 5.15 Å². The molecule has 1 aromatic rings. The van der Waals surface area contributed by atoms with Crippen LogP contribution in [0, 0.1) is 0 Å². The molecule has 15 heavy (non-hydrogen) atoms. The summed E-state index contributed by atoms with van der Waals surface area (Å²) < 4.78 is 0. The van der Waals surface area contributed by atoms with E-state index in [1.165, 1.54) is 6.20 Å². The van der Waals surface area contributed by atoms with Gasteiger partial charge in [-0.05, 0) is 19.9 Å². The molecule has 3 nitrogen and oxygen atoms in total. The van der Waals surface area contributed by atoms with Crippen LogP contribution in [-0.4, -0.2) is 16.8 Å². The second-order valence-electron chi connectivity index (χ2n) is 3.63. The molecule has 0 saturated heterocycles. The minimum Gasteiger partial charge on any atom is -0.382 e. The van der Waals surface area contributed by atoms with Crippen LogP contribution < -0.4 is 5.32 Å². The molecule has 82 valence electrons. The topological polar surface area (TPSA) is 42.0 Å². The van der Waals surface area contributed by atoms with Crippen LogP contribution in [0.3, 0.4) is 0 Å². The van der Waals surface area contributed by atoms with Crippen LogP contribution >= 0.6 is 11.6 Å². The van der Waals surface area contributed by atoms with E-state index in [-0.39, 0.29) is 11.8 Å². The van der Waals surface area contributed by atoms with E-state index in [9.17, 15) is 4.79 Å². The molecule has 0 aliphatic carbocycles. The first kappa shape index (κ1) is 12.0. The molecule has 0 amide bonds. The molecular weight excluding hydrogens is 212 g/mol. The predicted molar refractivity (Wildman–Crippen MR) is 62.6 cm³/mol. The summed E-state index contributed by atoms with van der Waals surface area (Å²) in [6, 6.07) is 1.94. The molecule has 0 fully saturated rings. The summed E-state index contributed by atoms with van der Waals surface area (Å²) in [7, 11) is 0. The highest BCUT2D eigenvalue weighted by Crippen LogP contribution is 2.20. The zero-order valence-electron chi connectivity index (χ0n) is 9.17. The number of Topliss-reactive ketones (excluding diaryl/α,β-unsaturated/α-hetero) is 1. The fourth-order valence-corrected chi connectivity index (χ4v) is 1.43. The normalized spacial score (nSPS) is 10.5. The average Bonchev–Trinajstić information content (AvgIpc) is 2.16. The van der Waals surface area contributed by atoms with Gasteiger partial charge < -0.3 is 5.32 Å². The van der Waals surface area contributed by atoms with Gasteiger partial charge in [-0.2, -0.15) is 0 Å². The highest BCUT2D eigenvalue weighted by atomic mass is 35.5. The number of nitrogens with one attached hydrogen (secondary N) is 1. The number of halogens is 1. The van der Waals surface area contributed by atoms with Gasteiger partial charge in [0.2, 0.25) is 0 Å². The number of ketones is 1. The molecular formula is C11H15ClN2O. The molecule has 1 heterocycles. The number of rotatable bonds is 4. The summed E-state index contributed by atoms with van der Waals surface area (Å²) in [5, 5.41) is 3.58. The van der Waals surface area contributed by atoms with Crippen molar-refractivity contribution in [2.75, 3.05) is 5.32 Å². The minimum absolute atomic E-state index is 0.0716. The first-order chi connectivity index (χ1) is 7.04. The summed E-state index contributed by atoms with van der Waals surface area (Å²) in [4.78, 5) is 15.5. The third-order valence-electron chi connectivity index (χ3n) is 1.94. The summed E-state index contributed by atoms with van der Waals surface area (Å²) in [6.07, 6.45) is 2.00. The third-order valence-corrected chi connectivity index (χ3v) is 2.14. The van der Waals surface area contributed by atoms with Crippen molar-refractivity contribution in [3.63, 3.8) is 0 Å². The van der Waals surface area contributed by atoms with Crippen molar-refractivity contribution in [2.45, 2.75) is 33.2 Å². The molecule has 0 radical (unpaired) electrons. The van der Waals surface area contributed by atoms with Gasteiger partial charge >= 0.3 is 0 Å². The maximum Gasteiger partial charge on any atom is 0.166 e. The Balaban J connectivity index is 3.08. The Morgan fingerprint density at radius 2 is 2.27 bits per heavy atom. The van der Waals surface area contributed by atoms with Gasteiger partial charge in [0, 0.05) is 24.3 Å². The van der Waals surface area contributed by atoms with E-state index in [0.717, 1.165) is 5.69 Å². The third kappa shape index (κ3) is 3.20. The first-order valence-corrected chi connectivity index (χ1v) is 5.37. The van der Waals surface area contributed by atoms with Gasteiger partial charge in [0.1, 0.15) is 5.15 Å². The van der Waals surface area contributed by atoms with Crippen molar-refractivity contribution in [3.8, 4) is 0 Å². The average molecular weight is 227 g/mol. The fourth-order valence-electron chi connectivity index (χ4n) is 1.27. The van der Waals surface area contributed by atoms with Gasteiger partial charge in [0.25, 0.3) is 0 Å². The molecule has 1 aromatic heterocycles. The van der Waals surface area contributed by atoms with Crippen molar-refractivity contribution < 1.29 is 4.79 Å². The van der Waals surface area contributed by atoms with E-state index < -0.39 is 0 Å². The minimum atomic E-state index is 0.0716. The quantitative estimate of drug-likeness (QED) is 0.634. The van der Waals surface area contributed by atoms with Crippen molar-refractivity contribution in [1.29, 1.82) is 0 Å². The molecule has 0 aliphatic rings. The number of aromatic nitrogens is 1. The van der Waals surface area contributed by atoms with Crippen LogP contribution in [0.25, 0.3) is 0 Å². The summed E-state index contributed by atoms with van der Waals surface area (Å²) in [5.74, 6) is 0.0716. The second-order valence-corrected chi connectivity index (χ2v) is 4.02. The Hall–Kier alpha value is -1.09. The number of hydrogen-bond acceptors (Lipinski definition) is 3. The van der Waals surface area contributed by atoms with Crippen LogP contribution in [0.15, 0.2) is 12.3 Å². The molecule has 1 N–H and O–H groups in total. The highest BCUT2D eigenvalue weighted by Gasteiger charge is 2.11. The Morgan fingerprint density at radius 3 is 2.80 bits per heavy atom. The lowest BCUT2D eigenvalue weighted by atomic mass is 10.1. The number of pyridine rings is 1. The lowest BCUT2D eigenvalue weighted by Crippen LogP contribution is -2.13. The number of anilines is 1. The predicted octanol–water partition coefficient (Wildman–Crippen LogP) is 3.15. The van der Waals surface area contributed by atoms with Gasteiger partial charge in [-0.25, -0.2) is 4.98 Å². The highest BCUT2D eigenvalue weighted by molar-refractivity contribution is 6.29. The summed E-state index contributed by atoms with van der Waals surface area (Å²) in [5.41, 5.74) is 1.37. The summed E-state index contributed by atoms with van der Waals surface area (Å²) in [6.45, 7) is 5.85. The number of carbonyl (C=O) groups excluding carboxylic acids is 1. The second kappa shape index (κ2) is 5.12. The van der Waals surface area contributed by atoms with Crippen LogP contribution in [-0.2, 0) is 0 Å². The van der Waals surface area contributed by atoms with Crippen molar-refractivity contribution in [3.05, 3.63) is 23.0 Å². The molecule has 0 unspecified atom stereocenters. The van der Waals surface area contributed by atoms with Gasteiger partial charge in [-0.15, -0.1) is 0 Å². The molecule has 0 aliphatic heterocycles. The van der Waals surface area contributed by atoms with E-state index in [1.54, 1.807) is 6.07 Å². The molecule has 4 heteroatoms. The van der Waals surface area contributed by atoms with Gasteiger partial charge in [-0.3, -0.25) is 4.79 Å². The SMILES string of the molecule is CCC(=O)c1cnc(Cl)cc1NC(C)C. The van der Waals surface area contributed by atoms with Crippen molar-refractivity contribution >= 4 is 23.1 Å². The van der Waals surface area contributed by atoms with Crippen LogP contribution in [0.5, 0.6) is 0 Å². The largest absolute Gasteiger partial charge is 0.382 e. The van der Waals surface area contributed by atoms with Gasteiger partial charge in [-0.1, -0.05) is 18.5 Å². The van der Waals surface area contributed by atoms with E-state index in [0.29, 0.717) is 17.1 Å². The smallest absolute Gasteiger partial charge is 0.166 e. The number of nitrogens with zero attached hydrogens (tertiary/aromatic N) is 1. The molecule has 0 aromatic carbocycles. The molecule has 0 spiro atoms. The lowest BCUT2D eigenvalue weighted by molar-refractivity contribution is 0.0988. The summed E-state index contributed by atoms with van der Waals surface area (Å²) >= 11 is 5.79. The Labute approximate surface area is 94.9 Å². The zero-order valence-corrected chi connectivity index (χ0v) is 9.93. The molecule has 0 bridgehead atoms. The van der Waals surface area contributed by atoms with Gasteiger partial charge in [0.15, 0.2) is 5.78 Å². The Morgan fingerprint density at radius 1 is 1.60 bits per heavy atom. The monoisotopic (exact) mass is 226 g/mol. The Kier molecular flexibility index (Phi) is 4.09.